The van der Waals surface area contributed by atoms with E-state index in [2.05, 4.69) is 4.98 Å². The average Bonchev–Trinajstić information content (AvgIpc) is 2.98. The van der Waals surface area contributed by atoms with Gasteiger partial charge >= 0.3 is 6.18 Å². The zero-order valence-corrected chi connectivity index (χ0v) is 15.1. The molecule has 142 valence electrons. The van der Waals surface area contributed by atoms with Crippen LogP contribution in [0.3, 0.4) is 0 Å². The normalized spacial score (nSPS) is 18.8. The third-order valence-electron chi connectivity index (χ3n) is 4.67. The average molecular weight is 388 g/mol. The number of aliphatic hydroxyl groups excluding tert-OH is 1. The lowest BCUT2D eigenvalue weighted by Crippen LogP contribution is -2.33. The maximum absolute atomic E-state index is 12.8. The Balaban J connectivity index is 1.57. The van der Waals surface area contributed by atoms with Crippen LogP contribution in [0.5, 0.6) is 0 Å². The molecule has 0 unspecified atom stereocenters. The highest BCUT2D eigenvalue weighted by atomic mass is 35.5. The summed E-state index contributed by atoms with van der Waals surface area (Å²) in [5.74, 6) is 0.713. The van der Waals surface area contributed by atoms with Gasteiger partial charge in [-0.15, -0.1) is 0 Å². The van der Waals surface area contributed by atoms with E-state index in [1.807, 2.05) is 18.0 Å². The molecule has 0 spiro atoms. The minimum Gasteiger partial charge on any atom is -0.387 e. The Morgan fingerprint density at radius 1 is 1.42 bits per heavy atom. The number of hydrogen-bond donors (Lipinski definition) is 1. The molecule has 1 aromatic carbocycles. The second kappa shape index (κ2) is 7.58. The van der Waals surface area contributed by atoms with Gasteiger partial charge in [0.1, 0.15) is 5.82 Å². The number of aromatic nitrogens is 2. The summed E-state index contributed by atoms with van der Waals surface area (Å²) in [5.41, 5.74) is -0.0717. The molecule has 0 saturated carbocycles. The van der Waals surface area contributed by atoms with Crippen LogP contribution in [0.2, 0.25) is 5.02 Å². The number of halogens is 4. The number of likely N-dealkylation sites (N-methyl/N-ethyl adjacent to an activating group) is 1. The summed E-state index contributed by atoms with van der Waals surface area (Å²) in [6.45, 7) is 1.63. The fourth-order valence-corrected chi connectivity index (χ4v) is 3.63. The van der Waals surface area contributed by atoms with Crippen molar-refractivity contribution in [3.63, 3.8) is 0 Å². The topological polar surface area (TPSA) is 41.3 Å². The zero-order valence-electron chi connectivity index (χ0n) is 14.4. The van der Waals surface area contributed by atoms with E-state index >= 15 is 0 Å². The highest BCUT2D eigenvalue weighted by Gasteiger charge is 2.35. The molecule has 0 fully saturated rings. The fourth-order valence-electron chi connectivity index (χ4n) is 3.43. The largest absolute Gasteiger partial charge is 0.434 e. The van der Waals surface area contributed by atoms with Crippen molar-refractivity contribution >= 4 is 11.6 Å². The van der Waals surface area contributed by atoms with E-state index < -0.39 is 18.0 Å². The van der Waals surface area contributed by atoms with Crippen molar-refractivity contribution < 1.29 is 18.3 Å². The van der Waals surface area contributed by atoms with E-state index in [0.29, 0.717) is 36.9 Å². The van der Waals surface area contributed by atoms with Gasteiger partial charge in [-0.3, -0.25) is 0 Å². The molecule has 1 aliphatic rings. The summed E-state index contributed by atoms with van der Waals surface area (Å²) in [6, 6.07) is 7.10. The van der Waals surface area contributed by atoms with Gasteiger partial charge < -0.3 is 14.6 Å². The SMILES string of the molecule is CN(C[C@@H]1CCc2nc(C(F)(F)F)cn2C1)C[C@H](O)c1cccc(Cl)c1. The molecular formula is C18H21ClF3N3O. The number of fused-ring (bicyclic) bond motifs is 1. The van der Waals surface area contributed by atoms with Gasteiger partial charge in [0.25, 0.3) is 0 Å². The van der Waals surface area contributed by atoms with Crippen LogP contribution in [-0.2, 0) is 19.1 Å². The highest BCUT2D eigenvalue weighted by molar-refractivity contribution is 6.30. The Bertz CT molecular complexity index is 762. The number of benzene rings is 1. The molecule has 8 heteroatoms. The van der Waals surface area contributed by atoms with Gasteiger partial charge in [-0.2, -0.15) is 13.2 Å². The van der Waals surface area contributed by atoms with Gasteiger partial charge in [-0.1, -0.05) is 23.7 Å². The Morgan fingerprint density at radius 3 is 2.88 bits per heavy atom. The van der Waals surface area contributed by atoms with Crippen LogP contribution in [0.1, 0.15) is 29.6 Å². The maximum atomic E-state index is 12.8. The molecule has 1 aliphatic heterocycles. The standard InChI is InChI=1S/C18H21ClF3N3O/c1-24(10-15(26)13-3-2-4-14(19)7-13)8-12-5-6-17-23-16(18(20,21)22)11-25(17)9-12/h2-4,7,11-12,15,26H,5-6,8-10H2,1H3/t12-,15-/m0/s1. The summed E-state index contributed by atoms with van der Waals surface area (Å²) >= 11 is 5.95. The van der Waals surface area contributed by atoms with Crippen LogP contribution in [0, 0.1) is 5.92 Å². The summed E-state index contributed by atoms with van der Waals surface area (Å²) in [4.78, 5) is 5.71. The number of imidazole rings is 1. The third-order valence-corrected chi connectivity index (χ3v) is 4.90. The second-order valence-corrected chi connectivity index (χ2v) is 7.33. The van der Waals surface area contributed by atoms with Gasteiger partial charge in [-0.05, 0) is 37.1 Å². The highest BCUT2D eigenvalue weighted by Crippen LogP contribution is 2.31. The summed E-state index contributed by atoms with van der Waals surface area (Å²) in [6.07, 6.45) is -2.65. The van der Waals surface area contributed by atoms with Crippen molar-refractivity contribution in [2.75, 3.05) is 20.1 Å². The number of hydrogen-bond acceptors (Lipinski definition) is 3. The van der Waals surface area contributed by atoms with Crippen LogP contribution in [0.15, 0.2) is 30.5 Å². The first-order valence-electron chi connectivity index (χ1n) is 8.47. The molecule has 4 nitrogen and oxygen atoms in total. The Morgan fingerprint density at radius 2 is 2.19 bits per heavy atom. The van der Waals surface area contributed by atoms with Gasteiger partial charge in [0, 0.05) is 37.3 Å². The van der Waals surface area contributed by atoms with Crippen LogP contribution < -0.4 is 0 Å². The molecule has 0 radical (unpaired) electrons. The summed E-state index contributed by atoms with van der Waals surface area (Å²) < 4.78 is 40.0. The van der Waals surface area contributed by atoms with E-state index in [0.717, 1.165) is 18.2 Å². The predicted molar refractivity (Wildman–Crippen MR) is 92.9 cm³/mol. The van der Waals surface area contributed by atoms with Gasteiger partial charge in [0.15, 0.2) is 5.69 Å². The van der Waals surface area contributed by atoms with Crippen LogP contribution in [0.25, 0.3) is 0 Å². The Hall–Kier alpha value is -1.57. The van der Waals surface area contributed by atoms with Crippen LogP contribution in [-0.4, -0.2) is 39.7 Å². The first-order valence-corrected chi connectivity index (χ1v) is 8.85. The summed E-state index contributed by atoms with van der Waals surface area (Å²) in [7, 11) is 1.90. The Labute approximate surface area is 155 Å². The molecule has 1 N–H and O–H groups in total. The molecule has 2 heterocycles. The predicted octanol–water partition coefficient (Wildman–Crippen LogP) is 3.78. The molecule has 1 aromatic heterocycles. The molecule has 2 atom stereocenters. The number of nitrogens with zero attached hydrogens (tertiary/aromatic N) is 3. The minimum absolute atomic E-state index is 0.217. The molecule has 2 aromatic rings. The lowest BCUT2D eigenvalue weighted by atomic mass is 9.98. The molecule has 3 rings (SSSR count). The van der Waals surface area contributed by atoms with E-state index in [4.69, 9.17) is 11.6 Å². The van der Waals surface area contributed by atoms with Gasteiger partial charge in [-0.25, -0.2) is 4.98 Å². The number of rotatable bonds is 5. The first kappa shape index (κ1) is 19.2. The zero-order chi connectivity index (χ0) is 18.9. The van der Waals surface area contributed by atoms with Gasteiger partial charge in [0.05, 0.1) is 6.10 Å². The fraction of sp³-hybridized carbons (Fsp3) is 0.500. The monoisotopic (exact) mass is 387 g/mol. The molecule has 0 amide bonds. The first-order chi connectivity index (χ1) is 12.2. The van der Waals surface area contributed by atoms with E-state index in [-0.39, 0.29) is 5.92 Å². The van der Waals surface area contributed by atoms with Crippen molar-refractivity contribution in [2.45, 2.75) is 31.7 Å². The summed E-state index contributed by atoms with van der Waals surface area (Å²) in [5, 5.41) is 10.9. The van der Waals surface area contributed by atoms with Crippen molar-refractivity contribution in [1.82, 2.24) is 14.5 Å². The van der Waals surface area contributed by atoms with E-state index in [1.165, 1.54) is 0 Å². The lowest BCUT2D eigenvalue weighted by Gasteiger charge is -2.29. The molecule has 26 heavy (non-hydrogen) atoms. The number of aryl methyl sites for hydroxylation is 1. The van der Waals surface area contributed by atoms with E-state index in [1.54, 1.807) is 22.8 Å². The van der Waals surface area contributed by atoms with Crippen molar-refractivity contribution in [3.05, 3.63) is 52.6 Å². The molecule has 0 aliphatic carbocycles. The van der Waals surface area contributed by atoms with Crippen molar-refractivity contribution in [2.24, 2.45) is 5.92 Å². The second-order valence-electron chi connectivity index (χ2n) is 6.89. The number of aliphatic hydroxyl groups is 1. The van der Waals surface area contributed by atoms with Crippen molar-refractivity contribution in [3.8, 4) is 0 Å². The molecular weight excluding hydrogens is 367 g/mol. The molecule has 0 saturated heterocycles. The third kappa shape index (κ3) is 4.58. The number of alkyl halides is 3. The Kier molecular flexibility index (Phi) is 5.60. The minimum atomic E-state index is -4.41. The smallest absolute Gasteiger partial charge is 0.387 e. The van der Waals surface area contributed by atoms with Gasteiger partial charge in [0.2, 0.25) is 0 Å². The molecule has 0 bridgehead atoms. The maximum Gasteiger partial charge on any atom is 0.434 e. The van der Waals surface area contributed by atoms with Crippen molar-refractivity contribution in [1.29, 1.82) is 0 Å². The van der Waals surface area contributed by atoms with Crippen LogP contribution >= 0.6 is 11.6 Å². The van der Waals surface area contributed by atoms with E-state index in [9.17, 15) is 18.3 Å². The van der Waals surface area contributed by atoms with Crippen LogP contribution in [0.4, 0.5) is 13.2 Å². The lowest BCUT2D eigenvalue weighted by molar-refractivity contribution is -0.141. The quantitative estimate of drug-likeness (QED) is 0.848.